The zero-order chi connectivity index (χ0) is 19.1. The normalized spacial score (nSPS) is 10.2. The van der Waals surface area contributed by atoms with E-state index in [1.165, 1.54) is 19.1 Å². The van der Waals surface area contributed by atoms with Crippen LogP contribution in [0.15, 0.2) is 46.9 Å². The molecule has 0 aromatic heterocycles. The molecule has 0 heterocycles. The van der Waals surface area contributed by atoms with E-state index >= 15 is 0 Å². The fraction of sp³-hybridized carbons (Fsp3) is 0.263. The lowest BCUT2D eigenvalue weighted by atomic mass is 10.1. The van der Waals surface area contributed by atoms with E-state index in [1.807, 2.05) is 18.2 Å². The average molecular weight is 422 g/mol. The summed E-state index contributed by atoms with van der Waals surface area (Å²) in [6.45, 7) is -0.324. The van der Waals surface area contributed by atoms with Gasteiger partial charge in [-0.2, -0.15) is 0 Å². The number of halogens is 1. The number of carbonyl (C=O) groups is 2. The molecule has 1 amide bonds. The van der Waals surface area contributed by atoms with E-state index in [4.69, 9.17) is 14.2 Å². The number of benzene rings is 2. The zero-order valence-electron chi connectivity index (χ0n) is 14.8. The quantitative estimate of drug-likeness (QED) is 0.642. The predicted molar refractivity (Wildman–Crippen MR) is 102 cm³/mol. The Morgan fingerprint density at radius 3 is 2.27 bits per heavy atom. The number of amides is 1. The third-order valence-corrected chi connectivity index (χ3v) is 4.50. The van der Waals surface area contributed by atoms with Crippen LogP contribution in [-0.2, 0) is 20.7 Å². The summed E-state index contributed by atoms with van der Waals surface area (Å²) >= 11 is 3.40. The summed E-state index contributed by atoms with van der Waals surface area (Å²) in [4.78, 5) is 25.7. The van der Waals surface area contributed by atoms with E-state index in [9.17, 15) is 9.59 Å². The minimum atomic E-state index is -0.507. The molecule has 6 nitrogen and oxygen atoms in total. The summed E-state index contributed by atoms with van der Waals surface area (Å²) in [5.74, 6) is 0.248. The molecule has 0 spiro atoms. The first kappa shape index (κ1) is 19.8. The molecule has 0 N–H and O–H groups in total. The van der Waals surface area contributed by atoms with Crippen molar-refractivity contribution >= 4 is 33.5 Å². The van der Waals surface area contributed by atoms with Crippen LogP contribution in [-0.4, -0.2) is 39.8 Å². The van der Waals surface area contributed by atoms with E-state index in [-0.39, 0.29) is 18.9 Å². The molecule has 0 radical (unpaired) electrons. The highest BCUT2D eigenvalue weighted by Crippen LogP contribution is 2.33. The minimum absolute atomic E-state index is 0.00324. The number of anilines is 1. The lowest BCUT2D eigenvalue weighted by Crippen LogP contribution is -2.31. The van der Waals surface area contributed by atoms with E-state index < -0.39 is 5.97 Å². The molecule has 0 saturated heterocycles. The summed E-state index contributed by atoms with van der Waals surface area (Å²) in [5.41, 5.74) is 1.41. The van der Waals surface area contributed by atoms with Crippen LogP contribution in [0.3, 0.4) is 0 Å². The van der Waals surface area contributed by atoms with Gasteiger partial charge in [-0.15, -0.1) is 0 Å². The Bertz CT molecular complexity index is 779. The van der Waals surface area contributed by atoms with Crippen LogP contribution in [0.5, 0.6) is 11.5 Å². The first-order valence-corrected chi connectivity index (χ1v) is 8.63. The smallest absolute Gasteiger partial charge is 0.310 e. The van der Waals surface area contributed by atoms with Crippen molar-refractivity contribution in [2.45, 2.75) is 6.42 Å². The number of hydrogen-bond donors (Lipinski definition) is 0. The summed E-state index contributed by atoms with van der Waals surface area (Å²) in [5, 5.41) is 0. The minimum Gasteiger partial charge on any atom is -0.493 e. The van der Waals surface area contributed by atoms with Gasteiger partial charge < -0.3 is 19.1 Å². The van der Waals surface area contributed by atoms with Crippen molar-refractivity contribution in [1.29, 1.82) is 0 Å². The molecule has 0 aliphatic carbocycles. The second-order valence-corrected chi connectivity index (χ2v) is 6.28. The number of methoxy groups -OCH3 is 2. The third-order valence-electron chi connectivity index (χ3n) is 3.76. The van der Waals surface area contributed by atoms with Gasteiger partial charge in [-0.25, -0.2) is 0 Å². The Balaban J connectivity index is 1.96. The molecule has 0 aliphatic rings. The van der Waals surface area contributed by atoms with Crippen LogP contribution in [0, 0.1) is 0 Å². The van der Waals surface area contributed by atoms with Crippen LogP contribution in [0.25, 0.3) is 0 Å². The summed E-state index contributed by atoms with van der Waals surface area (Å²) < 4.78 is 16.2. The molecule has 2 aromatic carbocycles. The lowest BCUT2D eigenvalue weighted by molar-refractivity contribution is -0.147. The Hall–Kier alpha value is -2.54. The van der Waals surface area contributed by atoms with Gasteiger partial charge in [-0.05, 0) is 29.8 Å². The maximum absolute atomic E-state index is 12.2. The van der Waals surface area contributed by atoms with E-state index in [0.717, 1.165) is 5.69 Å². The number of esters is 1. The lowest BCUT2D eigenvalue weighted by Gasteiger charge is -2.17. The van der Waals surface area contributed by atoms with Crippen molar-refractivity contribution in [2.75, 3.05) is 32.8 Å². The number of likely N-dealkylation sites (N-methyl/N-ethyl adjacent to an activating group) is 1. The first-order chi connectivity index (χ1) is 12.5. The number of carbonyl (C=O) groups excluding carboxylic acids is 2. The number of para-hydroxylation sites is 1. The summed E-state index contributed by atoms with van der Waals surface area (Å²) in [7, 11) is 4.69. The summed E-state index contributed by atoms with van der Waals surface area (Å²) in [6, 6.07) is 12.6. The van der Waals surface area contributed by atoms with Crippen molar-refractivity contribution in [3.05, 3.63) is 52.5 Å². The van der Waals surface area contributed by atoms with Crippen LogP contribution >= 0.6 is 15.9 Å². The SMILES string of the molecule is COc1cc(Br)c(CC(=O)OCC(=O)N(C)c2ccccc2)cc1OC. The largest absolute Gasteiger partial charge is 0.493 e. The Kier molecular flexibility index (Phi) is 7.03. The molecular weight excluding hydrogens is 402 g/mol. The van der Waals surface area contributed by atoms with Crippen LogP contribution in [0.4, 0.5) is 5.69 Å². The van der Waals surface area contributed by atoms with Gasteiger partial charge in [0.1, 0.15) is 0 Å². The molecule has 7 heteroatoms. The molecule has 0 atom stereocenters. The second kappa shape index (κ2) is 9.24. The Morgan fingerprint density at radius 2 is 1.65 bits per heavy atom. The molecule has 0 saturated carbocycles. The van der Waals surface area contributed by atoms with Gasteiger partial charge in [0.15, 0.2) is 18.1 Å². The summed E-state index contributed by atoms with van der Waals surface area (Å²) in [6.07, 6.45) is 0.00324. The van der Waals surface area contributed by atoms with Gasteiger partial charge in [-0.3, -0.25) is 9.59 Å². The van der Waals surface area contributed by atoms with Crippen LogP contribution in [0.2, 0.25) is 0 Å². The monoisotopic (exact) mass is 421 g/mol. The average Bonchev–Trinajstić information content (AvgIpc) is 2.67. The molecule has 2 aromatic rings. The van der Waals surface area contributed by atoms with Crippen LogP contribution in [0.1, 0.15) is 5.56 Å². The highest BCUT2D eigenvalue weighted by Gasteiger charge is 2.16. The molecular formula is C19H20BrNO5. The number of rotatable bonds is 7. The molecule has 26 heavy (non-hydrogen) atoms. The van der Waals surface area contributed by atoms with Gasteiger partial charge in [0.05, 0.1) is 20.6 Å². The zero-order valence-corrected chi connectivity index (χ0v) is 16.4. The Labute approximate surface area is 160 Å². The van der Waals surface area contributed by atoms with E-state index in [0.29, 0.717) is 21.5 Å². The number of nitrogens with zero attached hydrogens (tertiary/aromatic N) is 1. The topological polar surface area (TPSA) is 65.1 Å². The maximum Gasteiger partial charge on any atom is 0.310 e. The van der Waals surface area contributed by atoms with Gasteiger partial charge in [0.25, 0.3) is 5.91 Å². The van der Waals surface area contributed by atoms with Crippen molar-refractivity contribution in [3.8, 4) is 11.5 Å². The van der Waals surface area contributed by atoms with Gasteiger partial charge in [0, 0.05) is 17.2 Å². The maximum atomic E-state index is 12.2. The van der Waals surface area contributed by atoms with Crippen molar-refractivity contribution in [3.63, 3.8) is 0 Å². The highest BCUT2D eigenvalue weighted by molar-refractivity contribution is 9.10. The second-order valence-electron chi connectivity index (χ2n) is 5.42. The molecule has 2 rings (SSSR count). The standard InChI is InChI=1S/C19H20BrNO5/c1-21(14-7-5-4-6-8-14)18(22)12-26-19(23)10-13-9-16(24-2)17(25-3)11-15(13)20/h4-9,11H,10,12H2,1-3H3. The van der Waals surface area contributed by atoms with E-state index in [2.05, 4.69) is 15.9 Å². The highest BCUT2D eigenvalue weighted by atomic mass is 79.9. The molecule has 138 valence electrons. The first-order valence-electron chi connectivity index (χ1n) is 7.84. The number of hydrogen-bond acceptors (Lipinski definition) is 5. The van der Waals surface area contributed by atoms with Crippen molar-refractivity contribution < 1.29 is 23.8 Å². The molecule has 0 aliphatic heterocycles. The van der Waals surface area contributed by atoms with E-state index in [1.54, 1.807) is 31.3 Å². The Morgan fingerprint density at radius 1 is 1.04 bits per heavy atom. The molecule has 0 fully saturated rings. The van der Waals surface area contributed by atoms with Gasteiger partial charge in [0.2, 0.25) is 0 Å². The number of ether oxygens (including phenoxy) is 3. The third kappa shape index (κ3) is 4.98. The van der Waals surface area contributed by atoms with Crippen LogP contribution < -0.4 is 14.4 Å². The van der Waals surface area contributed by atoms with Gasteiger partial charge in [-0.1, -0.05) is 34.1 Å². The van der Waals surface area contributed by atoms with Crippen molar-refractivity contribution in [1.82, 2.24) is 0 Å². The molecule has 0 unspecified atom stereocenters. The fourth-order valence-electron chi connectivity index (χ4n) is 2.27. The fourth-order valence-corrected chi connectivity index (χ4v) is 2.74. The molecule has 0 bridgehead atoms. The van der Waals surface area contributed by atoms with Gasteiger partial charge >= 0.3 is 5.97 Å². The van der Waals surface area contributed by atoms with Crippen molar-refractivity contribution in [2.24, 2.45) is 0 Å². The predicted octanol–water partition coefficient (Wildman–Crippen LogP) is 3.22.